The molecule has 8 rings (SSSR count). The highest BCUT2D eigenvalue weighted by Gasteiger charge is 2.16. The van der Waals surface area contributed by atoms with Gasteiger partial charge in [-0.2, -0.15) is 0 Å². The molecular formula is C77H114N8. The zero-order valence-corrected chi connectivity index (χ0v) is 58.7. The summed E-state index contributed by atoms with van der Waals surface area (Å²) in [6.07, 6.45) is 13.2. The molecule has 0 saturated heterocycles. The maximum Gasteiger partial charge on any atom is 0.0461 e. The first-order valence-electron chi connectivity index (χ1n) is 31.0. The molecule has 8 heteroatoms. The predicted molar refractivity (Wildman–Crippen MR) is 368 cm³/mol. The first-order chi connectivity index (χ1) is 39.6. The maximum absolute atomic E-state index is 4.47. The summed E-state index contributed by atoms with van der Waals surface area (Å²) >= 11 is 0. The molecule has 462 valence electrons. The van der Waals surface area contributed by atoms with Crippen LogP contribution in [0.25, 0.3) is 0 Å². The van der Waals surface area contributed by atoms with Crippen LogP contribution in [0.3, 0.4) is 0 Å². The number of hydrogen-bond acceptors (Lipinski definition) is 8. The van der Waals surface area contributed by atoms with Crippen LogP contribution >= 0.6 is 0 Å². The summed E-state index contributed by atoms with van der Waals surface area (Å²) in [5, 5.41) is 0. The summed E-state index contributed by atoms with van der Waals surface area (Å²) in [6.45, 7) is 62.1. The van der Waals surface area contributed by atoms with Crippen molar-refractivity contribution < 1.29 is 0 Å². The Morgan fingerprint density at radius 1 is 0.294 bits per heavy atom. The highest BCUT2D eigenvalue weighted by atomic mass is 14.7. The third-order valence-electron chi connectivity index (χ3n) is 14.3. The fraction of sp³-hybridized carbons (Fsp3) is 0.481. The lowest BCUT2D eigenvalue weighted by Gasteiger charge is -2.20. The van der Waals surface area contributed by atoms with Gasteiger partial charge in [0.2, 0.25) is 0 Å². The minimum atomic E-state index is 0.221. The highest BCUT2D eigenvalue weighted by molar-refractivity contribution is 5.30. The van der Waals surface area contributed by atoms with Gasteiger partial charge in [0.15, 0.2) is 0 Å². The van der Waals surface area contributed by atoms with Crippen LogP contribution in [-0.4, -0.2) is 39.9 Å². The zero-order chi connectivity index (χ0) is 64.9. The van der Waals surface area contributed by atoms with Crippen molar-refractivity contribution in [2.45, 2.75) is 248 Å². The summed E-state index contributed by atoms with van der Waals surface area (Å²) in [5.74, 6) is 4.04. The van der Waals surface area contributed by atoms with Crippen LogP contribution < -0.4 is 0 Å². The average molecular weight is 1150 g/mol. The Hall–Kier alpha value is -6.80. The van der Waals surface area contributed by atoms with Crippen LogP contribution in [0, 0.1) is 83.1 Å². The van der Waals surface area contributed by atoms with Crippen LogP contribution in [0.4, 0.5) is 0 Å². The molecule has 0 N–H and O–H groups in total. The maximum atomic E-state index is 4.47. The first kappa shape index (κ1) is 76.2. The number of hydrogen-bond donors (Lipinski definition) is 0. The molecule has 0 atom stereocenters. The molecule has 8 heterocycles. The number of aromatic nitrogens is 8. The van der Waals surface area contributed by atoms with Crippen LogP contribution in [0.15, 0.2) is 122 Å². The smallest absolute Gasteiger partial charge is 0.0461 e. The molecule has 0 unspecified atom stereocenters. The van der Waals surface area contributed by atoms with Crippen LogP contribution in [0.5, 0.6) is 0 Å². The van der Waals surface area contributed by atoms with E-state index in [0.29, 0.717) is 41.4 Å². The second-order valence-electron chi connectivity index (χ2n) is 25.7. The van der Waals surface area contributed by atoms with Crippen LogP contribution in [-0.2, 0) is 5.41 Å². The monoisotopic (exact) mass is 1150 g/mol. The standard InChI is InChI=1S/5C10H15N.3C9H13N/c1-7(2)10-5-9(4)11-6-8(10)3;1-7(2)10-6-11-9(4)5-8(10)3;1-8-9(10(2,3)4)6-5-7-11-8;1-7(2)10-6-5-8(3)11-9(10)4;1-7(2)10-8(3)5-6-9(4)11-10;1-7(2)9-6-10-5-4-8(9)3;1-7(2)9-5-4-6-10-8(9)3;1-7(2)9-8(3)5-4-6-10-9/h5*5-7H,1-4H3;3*4-7H,1-3H3. The molecule has 0 saturated carbocycles. The van der Waals surface area contributed by atoms with E-state index in [0.717, 1.165) is 34.2 Å². The molecule has 0 aliphatic carbocycles. The first-order valence-corrected chi connectivity index (χ1v) is 31.0. The van der Waals surface area contributed by atoms with Gasteiger partial charge in [-0.05, 0) is 240 Å². The van der Waals surface area contributed by atoms with Gasteiger partial charge in [-0.3, -0.25) is 39.9 Å². The Bertz CT molecular complexity index is 2950. The van der Waals surface area contributed by atoms with Crippen molar-refractivity contribution in [2.75, 3.05) is 0 Å². The lowest BCUT2D eigenvalue weighted by Crippen LogP contribution is -2.13. The lowest BCUT2D eigenvalue weighted by molar-refractivity contribution is 0.582. The largest absolute Gasteiger partial charge is 0.264 e. The van der Waals surface area contributed by atoms with Crippen LogP contribution in [0.2, 0.25) is 0 Å². The van der Waals surface area contributed by atoms with E-state index in [2.05, 4.69) is 274 Å². The van der Waals surface area contributed by atoms with Gasteiger partial charge in [0.1, 0.15) is 0 Å². The second kappa shape index (κ2) is 38.3. The summed E-state index contributed by atoms with van der Waals surface area (Å²) in [6, 6.07) is 27.1. The summed E-state index contributed by atoms with van der Waals surface area (Å²) < 4.78 is 0. The third-order valence-corrected chi connectivity index (χ3v) is 14.3. The van der Waals surface area contributed by atoms with E-state index >= 15 is 0 Å². The zero-order valence-electron chi connectivity index (χ0n) is 58.7. The van der Waals surface area contributed by atoms with E-state index in [4.69, 9.17) is 0 Å². The summed E-state index contributed by atoms with van der Waals surface area (Å²) in [4.78, 5) is 34.1. The molecule has 0 aliphatic rings. The second-order valence-corrected chi connectivity index (χ2v) is 25.7. The molecule has 8 aromatic rings. The van der Waals surface area contributed by atoms with E-state index in [1.54, 1.807) is 0 Å². The van der Waals surface area contributed by atoms with Crippen molar-refractivity contribution in [1.82, 2.24) is 39.9 Å². The topological polar surface area (TPSA) is 103 Å². The quantitative estimate of drug-likeness (QED) is 0.155. The van der Waals surface area contributed by atoms with Crippen molar-refractivity contribution in [1.29, 1.82) is 0 Å². The Labute approximate surface area is 519 Å². The summed E-state index contributed by atoms with van der Waals surface area (Å²) in [5.41, 5.74) is 25.3. The molecule has 0 aromatic carbocycles. The minimum absolute atomic E-state index is 0.221. The molecule has 0 bridgehead atoms. The SMILES string of the molecule is Cc1cc(C(C)C)c(C)cn1.Cc1cc(C)c(C(C)C)cn1.Cc1ccc(C(C)C)c(C)n1.Cc1ccc(C)c(C(C)C)n1.Cc1cccnc1C(C)C.Cc1ccncc1C(C)C.Cc1ncccc1C(C)(C)C.Cc1ncccc1C(C)C. The van der Waals surface area contributed by atoms with Crippen LogP contribution in [0.1, 0.15) is 272 Å². The number of pyridine rings is 8. The van der Waals surface area contributed by atoms with Crippen molar-refractivity contribution in [2.24, 2.45) is 0 Å². The predicted octanol–water partition coefficient (Wildman–Crippen LogP) is 21.5. The minimum Gasteiger partial charge on any atom is -0.264 e. The van der Waals surface area contributed by atoms with Gasteiger partial charge in [0, 0.05) is 94.6 Å². The van der Waals surface area contributed by atoms with E-state index < -0.39 is 0 Å². The number of rotatable bonds is 7. The third kappa shape index (κ3) is 28.8. The fourth-order valence-electron chi connectivity index (χ4n) is 9.69. The molecule has 0 radical (unpaired) electrons. The van der Waals surface area contributed by atoms with Crippen molar-refractivity contribution in [3.8, 4) is 0 Å². The molecule has 0 aliphatic heterocycles. The van der Waals surface area contributed by atoms with E-state index in [9.17, 15) is 0 Å². The van der Waals surface area contributed by atoms with E-state index in [1.165, 1.54) is 78.3 Å². The van der Waals surface area contributed by atoms with Crippen molar-refractivity contribution in [3.63, 3.8) is 0 Å². The lowest BCUT2D eigenvalue weighted by atomic mass is 9.86. The Balaban J connectivity index is 0.000000486. The highest BCUT2D eigenvalue weighted by Crippen LogP contribution is 2.25. The van der Waals surface area contributed by atoms with Gasteiger partial charge < -0.3 is 0 Å². The normalized spacial score (nSPS) is 10.7. The Kier molecular flexibility index (Phi) is 34.3. The van der Waals surface area contributed by atoms with Crippen molar-refractivity contribution >= 4 is 0 Å². The van der Waals surface area contributed by atoms with Crippen molar-refractivity contribution in [3.05, 3.63) is 235 Å². The molecule has 8 nitrogen and oxygen atoms in total. The number of nitrogens with zero attached hydrogens (tertiary/aromatic N) is 8. The van der Waals surface area contributed by atoms with Gasteiger partial charge in [-0.1, -0.05) is 148 Å². The Morgan fingerprint density at radius 3 is 1.16 bits per heavy atom. The summed E-state index contributed by atoms with van der Waals surface area (Å²) in [7, 11) is 0. The fourth-order valence-corrected chi connectivity index (χ4v) is 9.69. The molecule has 0 fully saturated rings. The molecular weight excluding hydrogens is 1040 g/mol. The molecule has 0 spiro atoms. The Morgan fingerprint density at radius 2 is 0.753 bits per heavy atom. The molecule has 0 amide bonds. The number of aryl methyl sites for hydroxylation is 12. The van der Waals surface area contributed by atoms with E-state index in [-0.39, 0.29) is 5.41 Å². The van der Waals surface area contributed by atoms with Gasteiger partial charge in [0.05, 0.1) is 0 Å². The van der Waals surface area contributed by atoms with Gasteiger partial charge >= 0.3 is 0 Å². The van der Waals surface area contributed by atoms with Gasteiger partial charge in [-0.15, -0.1) is 0 Å². The van der Waals surface area contributed by atoms with Gasteiger partial charge in [0.25, 0.3) is 0 Å². The molecule has 8 aromatic heterocycles. The molecule has 85 heavy (non-hydrogen) atoms. The van der Waals surface area contributed by atoms with E-state index in [1.807, 2.05) is 89.3 Å². The average Bonchev–Trinajstić information content (AvgIpc) is 3.43. The van der Waals surface area contributed by atoms with Gasteiger partial charge in [-0.25, -0.2) is 0 Å².